The molecule has 2 fully saturated rings. The highest BCUT2D eigenvalue weighted by molar-refractivity contribution is 7.98. The van der Waals surface area contributed by atoms with Crippen molar-refractivity contribution in [2.75, 3.05) is 19.5 Å². The summed E-state index contributed by atoms with van der Waals surface area (Å²) in [6, 6.07) is 4.38. The van der Waals surface area contributed by atoms with Crippen molar-refractivity contribution in [2.24, 2.45) is 11.8 Å². The SMILES string of the molecule is CSc1cc(C2(C#N)[C@@H]3COC[C@@H]32)ncn1. The second-order valence-electron chi connectivity index (χ2n) is 4.18. The van der Waals surface area contributed by atoms with Crippen LogP contribution in [0.1, 0.15) is 5.69 Å². The molecular formula is C11H11N3OS. The third-order valence-corrected chi connectivity index (χ3v) is 4.24. The summed E-state index contributed by atoms with van der Waals surface area (Å²) in [6.07, 6.45) is 3.52. The molecule has 0 spiro atoms. The van der Waals surface area contributed by atoms with Crippen molar-refractivity contribution < 1.29 is 4.74 Å². The van der Waals surface area contributed by atoms with Gasteiger partial charge in [0.05, 0.1) is 30.0 Å². The van der Waals surface area contributed by atoms with E-state index in [1.807, 2.05) is 12.3 Å². The Balaban J connectivity index is 2.00. The van der Waals surface area contributed by atoms with E-state index >= 15 is 0 Å². The largest absolute Gasteiger partial charge is 0.381 e. The molecule has 1 aromatic heterocycles. The van der Waals surface area contributed by atoms with Crippen molar-refractivity contribution in [2.45, 2.75) is 10.4 Å². The summed E-state index contributed by atoms with van der Waals surface area (Å²) >= 11 is 1.57. The number of hydrogen-bond donors (Lipinski definition) is 0. The van der Waals surface area contributed by atoms with Crippen LogP contribution >= 0.6 is 11.8 Å². The molecule has 5 heteroatoms. The lowest BCUT2D eigenvalue weighted by atomic mass is 9.98. The van der Waals surface area contributed by atoms with Crippen LogP contribution in [-0.4, -0.2) is 29.4 Å². The highest BCUT2D eigenvalue weighted by Crippen LogP contribution is 2.62. The second kappa shape index (κ2) is 3.44. The van der Waals surface area contributed by atoms with Crippen LogP contribution in [0, 0.1) is 23.2 Å². The fraction of sp³-hybridized carbons (Fsp3) is 0.545. The average Bonchev–Trinajstić information content (AvgIpc) is 2.72. The van der Waals surface area contributed by atoms with Crippen LogP contribution in [0.25, 0.3) is 0 Å². The highest BCUT2D eigenvalue weighted by Gasteiger charge is 2.70. The molecule has 16 heavy (non-hydrogen) atoms. The van der Waals surface area contributed by atoms with E-state index in [1.54, 1.807) is 18.1 Å². The van der Waals surface area contributed by atoms with E-state index in [1.165, 1.54) is 0 Å². The smallest absolute Gasteiger partial charge is 0.117 e. The molecule has 0 bridgehead atoms. The van der Waals surface area contributed by atoms with Gasteiger partial charge in [-0.1, -0.05) is 0 Å². The monoisotopic (exact) mass is 233 g/mol. The lowest BCUT2D eigenvalue weighted by Gasteiger charge is -2.12. The van der Waals surface area contributed by atoms with E-state index in [2.05, 4.69) is 16.0 Å². The van der Waals surface area contributed by atoms with Crippen molar-refractivity contribution >= 4 is 11.8 Å². The van der Waals surface area contributed by atoms with Gasteiger partial charge in [-0.2, -0.15) is 5.26 Å². The Bertz CT molecular complexity index is 461. The summed E-state index contributed by atoms with van der Waals surface area (Å²) in [5.74, 6) is 0.671. The van der Waals surface area contributed by atoms with Crippen molar-refractivity contribution in [3.05, 3.63) is 18.1 Å². The molecule has 1 saturated heterocycles. The number of nitrogens with zero attached hydrogens (tertiary/aromatic N) is 3. The fourth-order valence-corrected chi connectivity index (χ4v) is 3.02. The van der Waals surface area contributed by atoms with Crippen LogP contribution in [0.15, 0.2) is 17.4 Å². The normalized spacial score (nSPS) is 35.5. The van der Waals surface area contributed by atoms with Crippen molar-refractivity contribution in [1.29, 1.82) is 5.26 Å². The predicted molar refractivity (Wildman–Crippen MR) is 58.9 cm³/mol. The van der Waals surface area contributed by atoms with Gasteiger partial charge in [0.25, 0.3) is 0 Å². The Morgan fingerprint density at radius 1 is 1.50 bits per heavy atom. The molecule has 0 aromatic carbocycles. The van der Waals surface area contributed by atoms with Gasteiger partial charge in [-0.25, -0.2) is 9.97 Å². The van der Waals surface area contributed by atoms with Crippen LogP contribution in [0.3, 0.4) is 0 Å². The minimum absolute atomic E-state index is 0.335. The maximum absolute atomic E-state index is 9.41. The molecule has 3 rings (SSSR count). The number of ether oxygens (including phenoxy) is 1. The summed E-state index contributed by atoms with van der Waals surface area (Å²) < 4.78 is 5.34. The molecule has 1 aliphatic heterocycles. The van der Waals surface area contributed by atoms with Crippen LogP contribution in [-0.2, 0) is 10.2 Å². The summed E-state index contributed by atoms with van der Waals surface area (Å²) in [4.78, 5) is 8.41. The fourth-order valence-electron chi connectivity index (χ4n) is 2.64. The van der Waals surface area contributed by atoms with Crippen LogP contribution in [0.5, 0.6) is 0 Å². The zero-order valence-electron chi connectivity index (χ0n) is 8.88. The molecule has 0 N–H and O–H groups in total. The first-order valence-corrected chi connectivity index (χ1v) is 6.41. The lowest BCUT2D eigenvalue weighted by molar-refractivity contribution is 0.151. The first kappa shape index (κ1) is 10.1. The van der Waals surface area contributed by atoms with Gasteiger partial charge in [0, 0.05) is 11.8 Å². The second-order valence-corrected chi connectivity index (χ2v) is 5.00. The van der Waals surface area contributed by atoms with E-state index in [0.717, 1.165) is 10.7 Å². The van der Waals surface area contributed by atoms with E-state index < -0.39 is 5.41 Å². The van der Waals surface area contributed by atoms with Gasteiger partial charge >= 0.3 is 0 Å². The number of fused-ring (bicyclic) bond motifs is 1. The Morgan fingerprint density at radius 3 is 2.88 bits per heavy atom. The maximum atomic E-state index is 9.41. The van der Waals surface area contributed by atoms with Crippen molar-refractivity contribution in [3.63, 3.8) is 0 Å². The molecule has 82 valence electrons. The van der Waals surface area contributed by atoms with Gasteiger partial charge in [0.15, 0.2) is 0 Å². The molecule has 0 radical (unpaired) electrons. The van der Waals surface area contributed by atoms with E-state index in [9.17, 15) is 5.26 Å². The highest BCUT2D eigenvalue weighted by atomic mass is 32.2. The van der Waals surface area contributed by atoms with E-state index in [-0.39, 0.29) is 0 Å². The van der Waals surface area contributed by atoms with Crippen molar-refractivity contribution in [1.82, 2.24) is 9.97 Å². The molecule has 2 aliphatic rings. The molecule has 0 amide bonds. The van der Waals surface area contributed by atoms with Crippen LogP contribution in [0.2, 0.25) is 0 Å². The third-order valence-electron chi connectivity index (χ3n) is 3.60. The minimum Gasteiger partial charge on any atom is -0.381 e. The van der Waals surface area contributed by atoms with Gasteiger partial charge in [0.1, 0.15) is 11.7 Å². The van der Waals surface area contributed by atoms with Crippen molar-refractivity contribution in [3.8, 4) is 6.07 Å². The average molecular weight is 233 g/mol. The Kier molecular flexibility index (Phi) is 2.16. The zero-order chi connectivity index (χ0) is 11.2. The molecule has 3 atom stereocenters. The zero-order valence-corrected chi connectivity index (χ0v) is 9.70. The summed E-state index contributed by atoms with van der Waals surface area (Å²) in [6.45, 7) is 1.38. The first-order chi connectivity index (χ1) is 7.82. The number of nitriles is 1. The maximum Gasteiger partial charge on any atom is 0.117 e. The van der Waals surface area contributed by atoms with Crippen LogP contribution < -0.4 is 0 Å². The molecule has 1 saturated carbocycles. The van der Waals surface area contributed by atoms with Gasteiger partial charge in [0.2, 0.25) is 0 Å². The molecule has 1 aromatic rings. The molecule has 2 heterocycles. The number of thioether (sulfide) groups is 1. The summed E-state index contributed by atoms with van der Waals surface area (Å²) in [5.41, 5.74) is 0.471. The number of hydrogen-bond acceptors (Lipinski definition) is 5. The van der Waals surface area contributed by atoms with E-state index in [0.29, 0.717) is 25.0 Å². The number of aromatic nitrogens is 2. The van der Waals surface area contributed by atoms with Gasteiger partial charge in [-0.15, -0.1) is 11.8 Å². The molecule has 1 unspecified atom stereocenters. The Labute approximate surface area is 98.0 Å². The third kappa shape index (κ3) is 1.14. The molecular weight excluding hydrogens is 222 g/mol. The Morgan fingerprint density at radius 2 is 2.25 bits per heavy atom. The van der Waals surface area contributed by atoms with Gasteiger partial charge < -0.3 is 4.74 Å². The number of rotatable bonds is 2. The summed E-state index contributed by atoms with van der Waals surface area (Å²) in [7, 11) is 0. The van der Waals surface area contributed by atoms with Gasteiger partial charge in [-0.3, -0.25) is 0 Å². The molecule has 1 aliphatic carbocycles. The molecule has 4 nitrogen and oxygen atoms in total. The minimum atomic E-state index is -0.397. The van der Waals surface area contributed by atoms with E-state index in [4.69, 9.17) is 4.74 Å². The lowest BCUT2D eigenvalue weighted by Crippen LogP contribution is -2.18. The topological polar surface area (TPSA) is 58.8 Å². The first-order valence-electron chi connectivity index (χ1n) is 5.18. The summed E-state index contributed by atoms with van der Waals surface area (Å²) in [5, 5.41) is 10.3. The Hall–Kier alpha value is -1.12. The predicted octanol–water partition coefficient (Wildman–Crippen LogP) is 1.24. The van der Waals surface area contributed by atoms with Gasteiger partial charge in [-0.05, 0) is 12.3 Å². The van der Waals surface area contributed by atoms with Crippen LogP contribution in [0.4, 0.5) is 0 Å². The quantitative estimate of drug-likeness (QED) is 0.568. The standard InChI is InChI=1S/C11H11N3OS/c1-16-10-2-9(13-6-14-10)11(5-12)7-3-15-4-8(7)11/h2,6-8H,3-4H2,1H3/t7-,8+,11?.